The summed E-state index contributed by atoms with van der Waals surface area (Å²) in [5, 5.41) is 14.4. The molecule has 0 aromatic heterocycles. The molecule has 0 aliphatic heterocycles. The molecule has 0 bridgehead atoms. The number of nitrogens with zero attached hydrogens (tertiary/aromatic N) is 12. The van der Waals surface area contributed by atoms with Crippen LogP contribution in [0.5, 0.6) is 17.2 Å². The van der Waals surface area contributed by atoms with E-state index in [0.29, 0.717) is 17.2 Å². The van der Waals surface area contributed by atoms with Crippen molar-refractivity contribution in [3.63, 3.8) is 0 Å². The molecule has 15 heteroatoms. The van der Waals surface area contributed by atoms with E-state index in [-0.39, 0.29) is 39.4 Å². The molecule has 40 heavy (non-hydrogen) atoms. The lowest BCUT2D eigenvalue weighted by Gasteiger charge is -2.14. The fourth-order valence-electron chi connectivity index (χ4n) is 3.79. The molecule has 0 fully saturated rings. The first-order valence-electron chi connectivity index (χ1n) is 11.8. The van der Waals surface area contributed by atoms with Gasteiger partial charge in [0, 0.05) is 19.6 Å². The molecule has 0 saturated carbocycles. The van der Waals surface area contributed by atoms with Crippen molar-refractivity contribution < 1.29 is 14.2 Å². The zero-order chi connectivity index (χ0) is 28.6. The van der Waals surface area contributed by atoms with Crippen LogP contribution in [0, 0.1) is 0 Å². The summed E-state index contributed by atoms with van der Waals surface area (Å²) in [5.74, 6) is 1.67. The zero-order valence-electron chi connectivity index (χ0n) is 21.5. The average Bonchev–Trinajstić information content (AvgIpc) is 2.98. The zero-order valence-corrected chi connectivity index (χ0v) is 21.5. The van der Waals surface area contributed by atoms with Gasteiger partial charge in [-0.3, -0.25) is 0 Å². The van der Waals surface area contributed by atoms with Crippen LogP contribution in [0.2, 0.25) is 0 Å². The third-order valence-corrected chi connectivity index (χ3v) is 5.39. The first-order valence-corrected chi connectivity index (χ1v) is 11.8. The molecule has 3 rings (SSSR count). The maximum Gasteiger partial charge on any atom is 0.120 e. The van der Waals surface area contributed by atoms with Crippen molar-refractivity contribution in [1.29, 1.82) is 0 Å². The molecule has 0 N–H and O–H groups in total. The molecular weight excluding hydrogens is 516 g/mol. The molecule has 0 heterocycles. The summed E-state index contributed by atoms with van der Waals surface area (Å²) in [6.45, 7) is 0.930. The number of azide groups is 4. The summed E-state index contributed by atoms with van der Waals surface area (Å²) >= 11 is 0. The van der Waals surface area contributed by atoms with Crippen molar-refractivity contribution in [1.82, 2.24) is 0 Å². The van der Waals surface area contributed by atoms with E-state index in [9.17, 15) is 0 Å². The van der Waals surface area contributed by atoms with E-state index in [0.717, 1.165) is 33.4 Å². The van der Waals surface area contributed by atoms with Gasteiger partial charge >= 0.3 is 0 Å². The molecule has 0 amide bonds. The Labute approximate surface area is 228 Å². The monoisotopic (exact) mass is 540 g/mol. The van der Waals surface area contributed by atoms with Gasteiger partial charge in [0.25, 0.3) is 0 Å². The highest BCUT2D eigenvalue weighted by Crippen LogP contribution is 2.25. The topological polar surface area (TPSA) is 223 Å². The van der Waals surface area contributed by atoms with Crippen LogP contribution in [0.25, 0.3) is 41.8 Å². The average molecular weight is 541 g/mol. The van der Waals surface area contributed by atoms with Gasteiger partial charge < -0.3 is 14.2 Å². The van der Waals surface area contributed by atoms with Gasteiger partial charge in [0.2, 0.25) is 0 Å². The third kappa shape index (κ3) is 9.31. The van der Waals surface area contributed by atoms with Gasteiger partial charge in [0.15, 0.2) is 0 Å². The van der Waals surface area contributed by atoms with Gasteiger partial charge in [0.05, 0.1) is 33.3 Å². The standard InChI is InChI=1S/C25H24N12O3/c1-38-23-9-21(15-39-24-5-17(11-30-34-26)2-18(6-24)12-31-35-27)4-22(10-23)16-40-25-7-19(13-32-36-28)3-20(8-25)14-33-37-29/h2-10H,11-16H2,1H3. The second-order valence-electron chi connectivity index (χ2n) is 8.29. The molecule has 0 aliphatic carbocycles. The number of benzene rings is 3. The van der Waals surface area contributed by atoms with Gasteiger partial charge in [-0.15, -0.1) is 0 Å². The van der Waals surface area contributed by atoms with E-state index in [1.165, 1.54) is 0 Å². The lowest BCUT2D eigenvalue weighted by Crippen LogP contribution is -2.02. The quantitative estimate of drug-likeness (QED) is 0.106. The highest BCUT2D eigenvalue weighted by molar-refractivity contribution is 5.38. The number of ether oxygens (including phenoxy) is 3. The Balaban J connectivity index is 1.78. The molecule has 0 saturated heterocycles. The Hall–Kier alpha value is -5.70. The number of hydrogen-bond donors (Lipinski definition) is 0. The highest BCUT2D eigenvalue weighted by Gasteiger charge is 2.08. The summed E-state index contributed by atoms with van der Waals surface area (Å²) < 4.78 is 17.5. The van der Waals surface area contributed by atoms with Crippen LogP contribution in [0.1, 0.15) is 33.4 Å². The number of methoxy groups -OCH3 is 1. The maximum atomic E-state index is 8.65. The largest absolute Gasteiger partial charge is 0.497 e. The lowest BCUT2D eigenvalue weighted by atomic mass is 10.1. The Morgan fingerprint density at radius 1 is 0.475 bits per heavy atom. The van der Waals surface area contributed by atoms with E-state index < -0.39 is 0 Å². The van der Waals surface area contributed by atoms with Crippen LogP contribution >= 0.6 is 0 Å². The Morgan fingerprint density at radius 2 is 0.775 bits per heavy atom. The predicted molar refractivity (Wildman–Crippen MR) is 146 cm³/mol. The van der Waals surface area contributed by atoms with Crippen LogP contribution in [0.3, 0.4) is 0 Å². The molecular formula is C25H24N12O3. The molecule has 15 nitrogen and oxygen atoms in total. The molecule has 3 aromatic carbocycles. The van der Waals surface area contributed by atoms with Crippen LogP contribution in [0.15, 0.2) is 75.1 Å². The smallest absolute Gasteiger partial charge is 0.120 e. The van der Waals surface area contributed by atoms with Crippen molar-refractivity contribution >= 4 is 0 Å². The van der Waals surface area contributed by atoms with Crippen LogP contribution in [-0.4, -0.2) is 7.11 Å². The fraction of sp³-hybridized carbons (Fsp3) is 0.280. The van der Waals surface area contributed by atoms with Crippen molar-refractivity contribution in [2.24, 2.45) is 20.5 Å². The lowest BCUT2D eigenvalue weighted by molar-refractivity contribution is 0.297. The van der Waals surface area contributed by atoms with Crippen LogP contribution in [0.4, 0.5) is 0 Å². The summed E-state index contributed by atoms with van der Waals surface area (Å²) in [6, 6.07) is 16.2. The summed E-state index contributed by atoms with van der Waals surface area (Å²) in [5.41, 5.74) is 39.1. The van der Waals surface area contributed by atoms with E-state index >= 15 is 0 Å². The SMILES string of the molecule is COc1cc(COc2cc(CN=[N+]=[N-])cc(CN=[N+]=[N-])c2)cc(COc2cc(CN=[N+]=[N-])cc(CN=[N+]=[N-])c2)c1. The van der Waals surface area contributed by atoms with E-state index in [2.05, 4.69) is 40.1 Å². The van der Waals surface area contributed by atoms with E-state index in [1.807, 2.05) is 18.2 Å². The van der Waals surface area contributed by atoms with Gasteiger partial charge in [0.1, 0.15) is 30.5 Å². The molecule has 0 aliphatic rings. The second-order valence-corrected chi connectivity index (χ2v) is 8.29. The highest BCUT2D eigenvalue weighted by atomic mass is 16.5. The van der Waals surface area contributed by atoms with Gasteiger partial charge in [-0.2, -0.15) is 0 Å². The Bertz CT molecular complexity index is 1350. The van der Waals surface area contributed by atoms with Crippen LogP contribution in [-0.2, 0) is 39.4 Å². The van der Waals surface area contributed by atoms with Crippen molar-refractivity contribution in [2.75, 3.05) is 7.11 Å². The van der Waals surface area contributed by atoms with Crippen molar-refractivity contribution in [3.8, 4) is 17.2 Å². The molecule has 0 spiro atoms. The normalized spacial score (nSPS) is 9.72. The number of hydrogen-bond acceptors (Lipinski definition) is 7. The van der Waals surface area contributed by atoms with Gasteiger partial charge in [-0.25, -0.2) is 0 Å². The van der Waals surface area contributed by atoms with Crippen LogP contribution < -0.4 is 14.2 Å². The second kappa shape index (κ2) is 15.5. The first-order chi connectivity index (χ1) is 19.6. The van der Waals surface area contributed by atoms with Crippen molar-refractivity contribution in [2.45, 2.75) is 39.4 Å². The molecule has 0 atom stereocenters. The fourth-order valence-corrected chi connectivity index (χ4v) is 3.79. The van der Waals surface area contributed by atoms with E-state index in [4.69, 9.17) is 36.3 Å². The molecule has 0 radical (unpaired) electrons. The van der Waals surface area contributed by atoms with Crippen molar-refractivity contribution in [3.05, 3.63) is 130 Å². The Kier molecular flexibility index (Phi) is 11.2. The summed E-state index contributed by atoms with van der Waals surface area (Å²) in [4.78, 5) is 11.2. The minimum atomic E-state index is 0.131. The summed E-state index contributed by atoms with van der Waals surface area (Å²) in [7, 11) is 1.56. The third-order valence-electron chi connectivity index (χ3n) is 5.39. The predicted octanol–water partition coefficient (Wildman–Crippen LogP) is 8.09. The maximum absolute atomic E-state index is 8.65. The van der Waals surface area contributed by atoms with Gasteiger partial charge in [-0.05, 0) is 98.0 Å². The van der Waals surface area contributed by atoms with Gasteiger partial charge in [-0.1, -0.05) is 32.6 Å². The van der Waals surface area contributed by atoms with E-state index in [1.54, 1.807) is 43.5 Å². The number of rotatable bonds is 15. The summed E-state index contributed by atoms with van der Waals surface area (Å²) in [6.07, 6.45) is 0. The Morgan fingerprint density at radius 3 is 1.07 bits per heavy atom. The molecule has 202 valence electrons. The minimum absolute atomic E-state index is 0.131. The molecule has 0 unspecified atom stereocenters. The first kappa shape index (κ1) is 28.9. The molecule has 3 aromatic rings. The minimum Gasteiger partial charge on any atom is -0.497 e.